The summed E-state index contributed by atoms with van der Waals surface area (Å²) in [5.41, 5.74) is -0.258. The highest BCUT2D eigenvalue weighted by molar-refractivity contribution is 5.68. The van der Waals surface area contributed by atoms with E-state index in [9.17, 15) is 4.79 Å². The Balaban J connectivity index is 2.45. The van der Waals surface area contributed by atoms with Gasteiger partial charge in [-0.2, -0.15) is 0 Å². The standard InChI is InChI=1S/C16H32N2O2/c1-7-10-17-16(5,6)13-8-11-18(12-9-13)14(19)20-15(2,3)4/h13,17H,7-12H2,1-6H3. The predicted molar refractivity (Wildman–Crippen MR) is 82.9 cm³/mol. The number of ether oxygens (including phenoxy) is 1. The average molecular weight is 284 g/mol. The second-order valence-electron chi connectivity index (χ2n) is 7.39. The maximum atomic E-state index is 12.0. The molecule has 4 heteroatoms. The van der Waals surface area contributed by atoms with E-state index in [4.69, 9.17) is 4.74 Å². The van der Waals surface area contributed by atoms with Gasteiger partial charge in [-0.25, -0.2) is 4.79 Å². The third-order valence-corrected chi connectivity index (χ3v) is 4.00. The number of carbonyl (C=O) groups is 1. The number of piperidine rings is 1. The first-order chi connectivity index (χ1) is 9.15. The topological polar surface area (TPSA) is 41.6 Å². The molecule has 0 radical (unpaired) electrons. The Morgan fingerprint density at radius 2 is 1.75 bits per heavy atom. The molecule has 0 atom stereocenters. The van der Waals surface area contributed by atoms with Crippen LogP contribution in [0.1, 0.15) is 60.8 Å². The molecular formula is C16H32N2O2. The fourth-order valence-electron chi connectivity index (χ4n) is 2.70. The molecule has 1 N–H and O–H groups in total. The molecule has 0 spiro atoms. The van der Waals surface area contributed by atoms with Crippen molar-refractivity contribution in [2.45, 2.75) is 71.9 Å². The van der Waals surface area contributed by atoms with Gasteiger partial charge in [0, 0.05) is 18.6 Å². The summed E-state index contributed by atoms with van der Waals surface area (Å²) in [6.07, 6.45) is 3.07. The van der Waals surface area contributed by atoms with Crippen LogP contribution in [0.5, 0.6) is 0 Å². The molecule has 0 unspecified atom stereocenters. The van der Waals surface area contributed by atoms with Gasteiger partial charge in [-0.05, 0) is 66.3 Å². The van der Waals surface area contributed by atoms with Crippen molar-refractivity contribution < 1.29 is 9.53 Å². The van der Waals surface area contributed by atoms with Crippen LogP contribution in [0.15, 0.2) is 0 Å². The number of amides is 1. The zero-order chi connectivity index (χ0) is 15.4. The van der Waals surface area contributed by atoms with Crippen LogP contribution >= 0.6 is 0 Å². The van der Waals surface area contributed by atoms with E-state index < -0.39 is 5.60 Å². The summed E-state index contributed by atoms with van der Waals surface area (Å²) >= 11 is 0. The summed E-state index contributed by atoms with van der Waals surface area (Å²) in [4.78, 5) is 13.9. The first-order valence-electron chi connectivity index (χ1n) is 7.88. The summed E-state index contributed by atoms with van der Waals surface area (Å²) in [6, 6.07) is 0. The van der Waals surface area contributed by atoms with Crippen LogP contribution in [0.25, 0.3) is 0 Å². The largest absolute Gasteiger partial charge is 0.444 e. The number of nitrogens with one attached hydrogen (secondary N) is 1. The van der Waals surface area contributed by atoms with Crippen LogP contribution in [0.4, 0.5) is 4.79 Å². The van der Waals surface area contributed by atoms with E-state index in [2.05, 4.69) is 26.1 Å². The Morgan fingerprint density at radius 3 is 2.20 bits per heavy atom. The van der Waals surface area contributed by atoms with Crippen molar-refractivity contribution >= 4 is 6.09 Å². The van der Waals surface area contributed by atoms with E-state index in [1.165, 1.54) is 0 Å². The van der Waals surface area contributed by atoms with Gasteiger partial charge in [0.25, 0.3) is 0 Å². The first-order valence-corrected chi connectivity index (χ1v) is 7.88. The highest BCUT2D eigenvalue weighted by atomic mass is 16.6. The maximum Gasteiger partial charge on any atom is 0.410 e. The van der Waals surface area contributed by atoms with E-state index in [0.29, 0.717) is 5.92 Å². The number of nitrogens with zero attached hydrogens (tertiary/aromatic N) is 1. The second-order valence-corrected chi connectivity index (χ2v) is 7.39. The van der Waals surface area contributed by atoms with Gasteiger partial charge < -0.3 is 15.0 Å². The molecule has 0 saturated carbocycles. The number of likely N-dealkylation sites (tertiary alicyclic amines) is 1. The smallest absolute Gasteiger partial charge is 0.410 e. The molecule has 20 heavy (non-hydrogen) atoms. The van der Waals surface area contributed by atoms with E-state index >= 15 is 0 Å². The molecule has 1 heterocycles. The van der Waals surface area contributed by atoms with Crippen LogP contribution in [0, 0.1) is 5.92 Å². The zero-order valence-electron chi connectivity index (χ0n) is 14.1. The zero-order valence-corrected chi connectivity index (χ0v) is 14.1. The Bertz CT molecular complexity index is 313. The van der Waals surface area contributed by atoms with Crippen molar-refractivity contribution in [2.24, 2.45) is 5.92 Å². The van der Waals surface area contributed by atoms with Gasteiger partial charge in [0.05, 0.1) is 0 Å². The highest BCUT2D eigenvalue weighted by Gasteiger charge is 2.34. The monoisotopic (exact) mass is 284 g/mol. The summed E-state index contributed by atoms with van der Waals surface area (Å²) in [7, 11) is 0. The second kappa shape index (κ2) is 6.79. The maximum absolute atomic E-state index is 12.0. The van der Waals surface area contributed by atoms with Gasteiger partial charge in [0.1, 0.15) is 5.60 Å². The normalized spacial score (nSPS) is 18.2. The van der Waals surface area contributed by atoms with Gasteiger partial charge >= 0.3 is 6.09 Å². The van der Waals surface area contributed by atoms with Crippen LogP contribution < -0.4 is 5.32 Å². The molecule has 0 aromatic carbocycles. The van der Waals surface area contributed by atoms with Crippen molar-refractivity contribution in [3.8, 4) is 0 Å². The summed E-state index contributed by atoms with van der Waals surface area (Å²) in [6.45, 7) is 15.1. The van der Waals surface area contributed by atoms with Gasteiger partial charge in [-0.15, -0.1) is 0 Å². The summed E-state index contributed by atoms with van der Waals surface area (Å²) in [5.74, 6) is 0.618. The number of hydrogen-bond donors (Lipinski definition) is 1. The lowest BCUT2D eigenvalue weighted by molar-refractivity contribution is 0.0144. The number of hydrogen-bond acceptors (Lipinski definition) is 3. The van der Waals surface area contributed by atoms with Crippen molar-refractivity contribution in [1.82, 2.24) is 10.2 Å². The van der Waals surface area contributed by atoms with Crippen molar-refractivity contribution in [2.75, 3.05) is 19.6 Å². The molecule has 118 valence electrons. The number of rotatable bonds is 4. The van der Waals surface area contributed by atoms with E-state index in [0.717, 1.165) is 38.9 Å². The van der Waals surface area contributed by atoms with E-state index in [-0.39, 0.29) is 11.6 Å². The summed E-state index contributed by atoms with van der Waals surface area (Å²) in [5, 5.41) is 3.63. The van der Waals surface area contributed by atoms with Crippen molar-refractivity contribution in [3.05, 3.63) is 0 Å². The Kier molecular flexibility index (Phi) is 5.87. The van der Waals surface area contributed by atoms with Gasteiger partial charge in [-0.3, -0.25) is 0 Å². The molecule has 4 nitrogen and oxygen atoms in total. The van der Waals surface area contributed by atoms with Gasteiger partial charge in [0.15, 0.2) is 0 Å². The third-order valence-electron chi connectivity index (χ3n) is 4.00. The SMILES string of the molecule is CCCNC(C)(C)C1CCN(C(=O)OC(C)(C)C)CC1. The Morgan fingerprint density at radius 1 is 1.20 bits per heavy atom. The Labute approximate surface area is 124 Å². The minimum atomic E-state index is -0.407. The Hall–Kier alpha value is -0.770. The van der Waals surface area contributed by atoms with Crippen LogP contribution in [-0.4, -0.2) is 41.8 Å². The predicted octanol–water partition coefficient (Wildman–Crippen LogP) is 3.41. The average Bonchev–Trinajstić information content (AvgIpc) is 2.34. The van der Waals surface area contributed by atoms with E-state index in [1.807, 2.05) is 25.7 Å². The molecule has 0 aliphatic carbocycles. The molecule has 1 aliphatic heterocycles. The van der Waals surface area contributed by atoms with Gasteiger partial charge in [-0.1, -0.05) is 6.92 Å². The fourth-order valence-corrected chi connectivity index (χ4v) is 2.70. The minimum Gasteiger partial charge on any atom is -0.444 e. The molecule has 1 amide bonds. The molecule has 0 aromatic rings. The van der Waals surface area contributed by atoms with E-state index in [1.54, 1.807) is 0 Å². The molecule has 1 saturated heterocycles. The first kappa shape index (κ1) is 17.3. The molecule has 1 rings (SSSR count). The van der Waals surface area contributed by atoms with Crippen LogP contribution in [-0.2, 0) is 4.74 Å². The molecular weight excluding hydrogens is 252 g/mol. The van der Waals surface area contributed by atoms with Crippen molar-refractivity contribution in [1.29, 1.82) is 0 Å². The molecule has 0 bridgehead atoms. The van der Waals surface area contributed by atoms with Crippen molar-refractivity contribution in [3.63, 3.8) is 0 Å². The third kappa shape index (κ3) is 5.31. The fraction of sp³-hybridized carbons (Fsp3) is 0.938. The lowest BCUT2D eigenvalue weighted by Crippen LogP contribution is -2.51. The highest BCUT2D eigenvalue weighted by Crippen LogP contribution is 2.28. The minimum absolute atomic E-state index is 0.149. The lowest BCUT2D eigenvalue weighted by atomic mass is 9.80. The van der Waals surface area contributed by atoms with Gasteiger partial charge in [0.2, 0.25) is 0 Å². The lowest BCUT2D eigenvalue weighted by Gasteiger charge is -2.41. The molecule has 1 aliphatic rings. The number of carbonyl (C=O) groups excluding carboxylic acids is 1. The molecule has 0 aromatic heterocycles. The van der Waals surface area contributed by atoms with Crippen LogP contribution in [0.3, 0.4) is 0 Å². The molecule has 1 fully saturated rings. The quantitative estimate of drug-likeness (QED) is 0.860. The van der Waals surface area contributed by atoms with Crippen LogP contribution in [0.2, 0.25) is 0 Å². The summed E-state index contributed by atoms with van der Waals surface area (Å²) < 4.78 is 5.43.